The van der Waals surface area contributed by atoms with E-state index in [0.29, 0.717) is 0 Å². The molecule has 0 bridgehead atoms. The molecule has 0 radical (unpaired) electrons. The molecule has 1 atom stereocenters. The van der Waals surface area contributed by atoms with Gasteiger partial charge in [-0.1, -0.05) is 38.1 Å². The Kier molecular flexibility index (Phi) is 6.27. The molecule has 1 aromatic rings. The minimum absolute atomic E-state index is 0.423. The summed E-state index contributed by atoms with van der Waals surface area (Å²) in [6.07, 6.45) is 1.25. The van der Waals surface area contributed by atoms with E-state index in [1.54, 1.807) is 6.92 Å². The van der Waals surface area contributed by atoms with Crippen molar-refractivity contribution >= 4 is 17.7 Å². The molecule has 0 amide bonds. The fourth-order valence-electron chi connectivity index (χ4n) is 1.55. The summed E-state index contributed by atoms with van der Waals surface area (Å²) in [5.41, 5.74) is 2.14. The quantitative estimate of drug-likeness (QED) is 0.753. The molecular formula is C15H22O2S. The minimum atomic E-state index is -0.769. The molecule has 0 saturated carbocycles. The van der Waals surface area contributed by atoms with Crippen molar-refractivity contribution in [3.05, 3.63) is 35.4 Å². The number of rotatable bonds is 7. The van der Waals surface area contributed by atoms with Gasteiger partial charge in [-0.05, 0) is 36.1 Å². The first-order valence-corrected chi connectivity index (χ1v) is 7.55. The molecule has 3 heteroatoms. The third kappa shape index (κ3) is 5.13. The van der Waals surface area contributed by atoms with Crippen molar-refractivity contribution in [3.8, 4) is 0 Å². The van der Waals surface area contributed by atoms with E-state index < -0.39 is 11.9 Å². The van der Waals surface area contributed by atoms with Crippen LogP contribution >= 0.6 is 11.8 Å². The van der Waals surface area contributed by atoms with E-state index in [0.717, 1.165) is 17.2 Å². The van der Waals surface area contributed by atoms with Crippen LogP contribution < -0.4 is 0 Å². The molecule has 0 aromatic heterocycles. The Morgan fingerprint density at radius 2 is 1.83 bits per heavy atom. The summed E-state index contributed by atoms with van der Waals surface area (Å²) in [5.74, 6) is 1.76. The van der Waals surface area contributed by atoms with Gasteiger partial charge in [0.05, 0.1) is 5.92 Å². The number of thioether (sulfide) groups is 1. The molecular weight excluding hydrogens is 244 g/mol. The second kappa shape index (κ2) is 7.47. The molecule has 2 nitrogen and oxygen atoms in total. The van der Waals surface area contributed by atoms with Gasteiger partial charge in [-0.15, -0.1) is 0 Å². The van der Waals surface area contributed by atoms with Gasteiger partial charge in [-0.3, -0.25) is 4.79 Å². The zero-order valence-corrected chi connectivity index (χ0v) is 12.2. The molecule has 0 spiro atoms. The average Bonchev–Trinajstić information content (AvgIpc) is 2.34. The van der Waals surface area contributed by atoms with Gasteiger partial charge >= 0.3 is 5.97 Å². The Labute approximate surface area is 114 Å². The maximum absolute atomic E-state index is 10.9. The van der Waals surface area contributed by atoms with Crippen molar-refractivity contribution in [3.63, 3.8) is 0 Å². The number of carboxylic acid groups (broad SMARTS) is 1. The summed E-state index contributed by atoms with van der Waals surface area (Å²) in [5, 5.41) is 8.93. The molecule has 0 saturated heterocycles. The van der Waals surface area contributed by atoms with Gasteiger partial charge in [0.2, 0.25) is 0 Å². The smallest absolute Gasteiger partial charge is 0.310 e. The van der Waals surface area contributed by atoms with E-state index in [9.17, 15) is 4.79 Å². The van der Waals surface area contributed by atoms with Crippen LogP contribution in [0.4, 0.5) is 0 Å². The van der Waals surface area contributed by atoms with Crippen LogP contribution in [0.3, 0.4) is 0 Å². The van der Waals surface area contributed by atoms with Crippen LogP contribution in [0, 0.1) is 5.92 Å². The van der Waals surface area contributed by atoms with Gasteiger partial charge in [0, 0.05) is 5.75 Å². The highest BCUT2D eigenvalue weighted by atomic mass is 32.2. The second-order valence-corrected chi connectivity index (χ2v) is 6.14. The van der Waals surface area contributed by atoms with Gasteiger partial charge in [0.1, 0.15) is 0 Å². The first-order chi connectivity index (χ1) is 8.50. The molecule has 1 N–H and O–H groups in total. The largest absolute Gasteiger partial charge is 0.481 e. The van der Waals surface area contributed by atoms with Crippen LogP contribution in [0.1, 0.15) is 44.2 Å². The predicted molar refractivity (Wildman–Crippen MR) is 78.1 cm³/mol. The summed E-state index contributed by atoms with van der Waals surface area (Å²) in [6, 6.07) is 7.93. The lowest BCUT2D eigenvalue weighted by atomic mass is 10.0. The highest BCUT2D eigenvalue weighted by Crippen LogP contribution is 2.19. The number of benzene rings is 1. The Bertz CT molecular complexity index is 371. The van der Waals surface area contributed by atoms with Crippen LogP contribution in [0.15, 0.2) is 24.3 Å². The molecule has 0 aliphatic carbocycles. The zero-order valence-electron chi connectivity index (χ0n) is 11.3. The number of hydrogen-bond donors (Lipinski definition) is 1. The molecule has 1 rings (SSSR count). The number of aliphatic carboxylic acids is 1. The third-order valence-electron chi connectivity index (χ3n) is 2.96. The maximum Gasteiger partial charge on any atom is 0.310 e. The van der Waals surface area contributed by atoms with E-state index >= 15 is 0 Å². The van der Waals surface area contributed by atoms with Crippen molar-refractivity contribution in [2.75, 3.05) is 5.75 Å². The van der Waals surface area contributed by atoms with E-state index in [1.165, 1.54) is 17.7 Å². The van der Waals surface area contributed by atoms with E-state index in [2.05, 4.69) is 13.8 Å². The number of hydrogen-bond acceptors (Lipinski definition) is 2. The Morgan fingerprint density at radius 3 is 2.33 bits per heavy atom. The van der Waals surface area contributed by atoms with Gasteiger partial charge in [0.15, 0.2) is 0 Å². The number of carbonyl (C=O) groups is 1. The summed E-state index contributed by atoms with van der Waals surface area (Å²) < 4.78 is 0. The number of carboxylic acids is 1. The summed E-state index contributed by atoms with van der Waals surface area (Å²) >= 11 is 1.94. The van der Waals surface area contributed by atoms with E-state index in [4.69, 9.17) is 5.11 Å². The molecule has 1 aromatic carbocycles. The highest BCUT2D eigenvalue weighted by Gasteiger charge is 2.12. The molecule has 1 unspecified atom stereocenters. The lowest BCUT2D eigenvalue weighted by Gasteiger charge is -2.08. The molecule has 0 aliphatic rings. The molecule has 18 heavy (non-hydrogen) atoms. The molecule has 0 aliphatic heterocycles. The van der Waals surface area contributed by atoms with E-state index in [-0.39, 0.29) is 0 Å². The standard InChI is InChI=1S/C15H22O2S/c1-11(2)8-9-18-10-13-4-6-14(7-5-13)12(3)15(16)17/h4-7,11-12H,8-10H2,1-3H3,(H,16,17). The van der Waals surface area contributed by atoms with Gasteiger partial charge in [-0.2, -0.15) is 11.8 Å². The maximum atomic E-state index is 10.9. The Balaban J connectivity index is 2.43. The summed E-state index contributed by atoms with van der Waals surface area (Å²) in [7, 11) is 0. The SMILES string of the molecule is CC(C)CCSCc1ccc(C(C)C(=O)O)cc1. The van der Waals surface area contributed by atoms with Crippen LogP contribution in [0.25, 0.3) is 0 Å². The normalized spacial score (nSPS) is 12.7. The highest BCUT2D eigenvalue weighted by molar-refractivity contribution is 7.98. The van der Waals surface area contributed by atoms with Gasteiger partial charge < -0.3 is 5.11 Å². The topological polar surface area (TPSA) is 37.3 Å². The van der Waals surface area contributed by atoms with Crippen LogP contribution in [0.2, 0.25) is 0 Å². The van der Waals surface area contributed by atoms with Crippen LogP contribution in [-0.2, 0) is 10.5 Å². The van der Waals surface area contributed by atoms with Crippen molar-refractivity contribution < 1.29 is 9.90 Å². The molecule has 100 valence electrons. The van der Waals surface area contributed by atoms with Gasteiger partial charge in [0.25, 0.3) is 0 Å². The Morgan fingerprint density at radius 1 is 1.22 bits per heavy atom. The van der Waals surface area contributed by atoms with Gasteiger partial charge in [-0.25, -0.2) is 0 Å². The second-order valence-electron chi connectivity index (χ2n) is 5.04. The zero-order chi connectivity index (χ0) is 13.5. The fraction of sp³-hybridized carbons (Fsp3) is 0.533. The first-order valence-electron chi connectivity index (χ1n) is 6.40. The summed E-state index contributed by atoms with van der Waals surface area (Å²) in [4.78, 5) is 10.9. The fourth-order valence-corrected chi connectivity index (χ4v) is 2.76. The van der Waals surface area contributed by atoms with Crippen molar-refractivity contribution in [1.29, 1.82) is 0 Å². The van der Waals surface area contributed by atoms with Crippen LogP contribution in [0.5, 0.6) is 0 Å². The molecule has 0 heterocycles. The third-order valence-corrected chi connectivity index (χ3v) is 4.02. The molecule has 0 fully saturated rings. The summed E-state index contributed by atoms with van der Waals surface area (Å²) in [6.45, 7) is 6.19. The predicted octanol–water partition coefficient (Wildman–Crippen LogP) is 4.15. The minimum Gasteiger partial charge on any atom is -0.481 e. The van der Waals surface area contributed by atoms with E-state index in [1.807, 2.05) is 36.0 Å². The van der Waals surface area contributed by atoms with Crippen molar-refractivity contribution in [2.45, 2.75) is 38.9 Å². The lowest BCUT2D eigenvalue weighted by molar-refractivity contribution is -0.138. The Hall–Kier alpha value is -0.960. The monoisotopic (exact) mass is 266 g/mol. The van der Waals surface area contributed by atoms with Crippen molar-refractivity contribution in [2.24, 2.45) is 5.92 Å². The lowest BCUT2D eigenvalue weighted by Crippen LogP contribution is -2.07. The first kappa shape index (κ1) is 15.1. The van der Waals surface area contributed by atoms with Crippen LogP contribution in [-0.4, -0.2) is 16.8 Å². The average molecular weight is 266 g/mol. The van der Waals surface area contributed by atoms with Crippen molar-refractivity contribution in [1.82, 2.24) is 0 Å².